The van der Waals surface area contributed by atoms with Gasteiger partial charge in [-0.2, -0.15) is 8.78 Å². The van der Waals surface area contributed by atoms with Gasteiger partial charge in [0.05, 0.1) is 10.2 Å². The Morgan fingerprint density at radius 2 is 1.35 bits per heavy atom. The van der Waals surface area contributed by atoms with Crippen molar-refractivity contribution >= 4 is 35.6 Å². The second kappa shape index (κ2) is 9.51. The molecule has 8 nitrogen and oxygen atoms in total. The molecule has 146 valence electrons. The molecule has 1 saturated heterocycles. The van der Waals surface area contributed by atoms with Crippen LogP contribution in [0.4, 0.5) is 8.78 Å². The third-order valence-corrected chi connectivity index (χ3v) is 4.41. The van der Waals surface area contributed by atoms with E-state index >= 15 is 0 Å². The van der Waals surface area contributed by atoms with Crippen LogP contribution in [0.25, 0.3) is 0 Å². The SMILES string of the molecule is CC(=O)OC[C@H]1SC(=C(F)F)[C@H](OC(C)=O)[C@@H](OC(C)=O)[C@@H]1OC(C)=O. The Hall–Kier alpha value is -2.17. The number of carbonyl (C=O) groups is 4. The number of halogens is 2. The van der Waals surface area contributed by atoms with E-state index in [1.54, 1.807) is 0 Å². The van der Waals surface area contributed by atoms with Gasteiger partial charge in [-0.05, 0) is 0 Å². The molecular formula is C15H18F2O8S. The standard InChI is InChI=1S/C15H18F2O8S/c1-6(18)22-5-10-11(23-7(2)19)12(24-8(3)20)13(25-9(4)21)14(26-10)15(16)17/h10-13H,5H2,1-4H3/t10-,11-,12+,13-/m1/s1. The minimum atomic E-state index is -2.16. The Morgan fingerprint density at radius 1 is 0.846 bits per heavy atom. The zero-order valence-corrected chi connectivity index (χ0v) is 15.3. The Bertz CT molecular complexity index is 617. The van der Waals surface area contributed by atoms with Gasteiger partial charge in [0.25, 0.3) is 6.08 Å². The van der Waals surface area contributed by atoms with E-state index in [2.05, 4.69) is 0 Å². The fraction of sp³-hybridized carbons (Fsp3) is 0.600. The molecule has 0 N–H and O–H groups in total. The number of carbonyl (C=O) groups excluding carboxylic acids is 4. The molecule has 1 rings (SSSR count). The van der Waals surface area contributed by atoms with E-state index in [0.29, 0.717) is 11.8 Å². The summed E-state index contributed by atoms with van der Waals surface area (Å²) in [6.45, 7) is 3.81. The lowest BCUT2D eigenvalue weighted by molar-refractivity contribution is -0.181. The first-order chi connectivity index (χ1) is 12.0. The van der Waals surface area contributed by atoms with Gasteiger partial charge in [0.2, 0.25) is 0 Å². The minimum Gasteiger partial charge on any atom is -0.465 e. The molecule has 0 unspecified atom stereocenters. The molecule has 1 fully saturated rings. The maximum Gasteiger partial charge on any atom is 0.303 e. The highest BCUT2D eigenvalue weighted by atomic mass is 32.2. The monoisotopic (exact) mass is 396 g/mol. The predicted molar refractivity (Wildman–Crippen MR) is 83.9 cm³/mol. The highest BCUT2D eigenvalue weighted by Crippen LogP contribution is 2.42. The Morgan fingerprint density at radius 3 is 1.77 bits per heavy atom. The maximum atomic E-state index is 13.4. The van der Waals surface area contributed by atoms with Gasteiger partial charge in [0.15, 0.2) is 18.3 Å². The van der Waals surface area contributed by atoms with Gasteiger partial charge >= 0.3 is 23.9 Å². The fourth-order valence-electron chi connectivity index (χ4n) is 2.27. The third kappa shape index (κ3) is 6.28. The van der Waals surface area contributed by atoms with Crippen molar-refractivity contribution in [1.82, 2.24) is 0 Å². The Labute approximate surface area is 152 Å². The van der Waals surface area contributed by atoms with Crippen molar-refractivity contribution in [3.63, 3.8) is 0 Å². The molecule has 0 aromatic heterocycles. The van der Waals surface area contributed by atoms with E-state index in [0.717, 1.165) is 27.7 Å². The number of rotatable bonds is 5. The lowest BCUT2D eigenvalue weighted by atomic mass is 10.0. The van der Waals surface area contributed by atoms with E-state index in [1.165, 1.54) is 0 Å². The van der Waals surface area contributed by atoms with E-state index in [4.69, 9.17) is 18.9 Å². The summed E-state index contributed by atoms with van der Waals surface area (Å²) >= 11 is 0.519. The van der Waals surface area contributed by atoms with Gasteiger partial charge in [0.1, 0.15) is 6.61 Å². The lowest BCUT2D eigenvalue weighted by Gasteiger charge is -2.40. The summed E-state index contributed by atoms with van der Waals surface area (Å²) in [6, 6.07) is 0. The summed E-state index contributed by atoms with van der Waals surface area (Å²) in [5, 5.41) is -1.00. The molecule has 0 radical (unpaired) electrons. The smallest absolute Gasteiger partial charge is 0.303 e. The quantitative estimate of drug-likeness (QED) is 0.506. The molecule has 0 spiro atoms. The first kappa shape index (κ1) is 21.9. The minimum absolute atomic E-state index is 0.390. The fourth-order valence-corrected chi connectivity index (χ4v) is 3.48. The summed E-state index contributed by atoms with van der Waals surface area (Å²) in [7, 11) is 0. The molecule has 11 heteroatoms. The average Bonchev–Trinajstić information content (AvgIpc) is 2.47. The molecule has 0 aliphatic carbocycles. The summed E-state index contributed by atoms with van der Waals surface area (Å²) in [6.07, 6.45) is -6.64. The van der Waals surface area contributed by atoms with Gasteiger partial charge in [-0.15, -0.1) is 11.8 Å². The van der Waals surface area contributed by atoms with Crippen molar-refractivity contribution in [3.8, 4) is 0 Å². The number of thioether (sulfide) groups is 1. The second-order valence-electron chi connectivity index (χ2n) is 5.26. The van der Waals surface area contributed by atoms with Gasteiger partial charge in [0, 0.05) is 27.7 Å². The average molecular weight is 396 g/mol. The molecular weight excluding hydrogens is 378 g/mol. The van der Waals surface area contributed by atoms with Crippen LogP contribution < -0.4 is 0 Å². The summed E-state index contributed by atoms with van der Waals surface area (Å²) < 4.78 is 46.6. The number of ether oxygens (including phenoxy) is 4. The molecule has 0 aromatic carbocycles. The molecule has 1 aliphatic heterocycles. The molecule has 0 amide bonds. The zero-order valence-electron chi connectivity index (χ0n) is 14.4. The number of hydrogen-bond donors (Lipinski definition) is 0. The van der Waals surface area contributed by atoms with Crippen molar-refractivity contribution in [2.24, 2.45) is 0 Å². The normalized spacial score (nSPS) is 25.1. The molecule has 0 aromatic rings. The van der Waals surface area contributed by atoms with Gasteiger partial charge in [-0.1, -0.05) is 0 Å². The van der Waals surface area contributed by atoms with Crippen molar-refractivity contribution in [1.29, 1.82) is 0 Å². The molecule has 0 bridgehead atoms. The maximum absolute atomic E-state index is 13.4. The summed E-state index contributed by atoms with van der Waals surface area (Å²) in [5.41, 5.74) is 0. The lowest BCUT2D eigenvalue weighted by Crippen LogP contribution is -2.54. The van der Waals surface area contributed by atoms with E-state index < -0.39 is 58.4 Å². The summed E-state index contributed by atoms with van der Waals surface area (Å²) in [5.74, 6) is -3.22. The van der Waals surface area contributed by atoms with Crippen molar-refractivity contribution in [3.05, 3.63) is 11.0 Å². The molecule has 26 heavy (non-hydrogen) atoms. The van der Waals surface area contributed by atoms with Gasteiger partial charge in [-0.25, -0.2) is 0 Å². The Balaban J connectivity index is 3.34. The predicted octanol–water partition coefficient (Wildman–Crippen LogP) is 1.57. The van der Waals surface area contributed by atoms with Crippen molar-refractivity contribution < 1.29 is 46.9 Å². The molecule has 1 aliphatic rings. The molecule has 1 heterocycles. The van der Waals surface area contributed by atoms with Crippen LogP contribution in [0.5, 0.6) is 0 Å². The first-order valence-electron chi connectivity index (χ1n) is 7.39. The molecule has 0 saturated carbocycles. The number of hydrogen-bond acceptors (Lipinski definition) is 9. The summed E-state index contributed by atoms with van der Waals surface area (Å²) in [4.78, 5) is 44.5. The first-order valence-corrected chi connectivity index (χ1v) is 8.27. The Kier molecular flexibility index (Phi) is 8.00. The van der Waals surface area contributed by atoms with Crippen molar-refractivity contribution in [2.45, 2.75) is 51.3 Å². The number of esters is 4. The van der Waals surface area contributed by atoms with Crippen LogP contribution in [-0.4, -0.2) is 54.0 Å². The second-order valence-corrected chi connectivity index (χ2v) is 6.54. The highest BCUT2D eigenvalue weighted by Gasteiger charge is 2.50. The van der Waals surface area contributed by atoms with Crippen LogP contribution >= 0.6 is 11.8 Å². The van der Waals surface area contributed by atoms with Crippen LogP contribution in [0.2, 0.25) is 0 Å². The van der Waals surface area contributed by atoms with Crippen molar-refractivity contribution in [2.75, 3.05) is 6.61 Å². The topological polar surface area (TPSA) is 105 Å². The zero-order chi connectivity index (χ0) is 20.0. The van der Waals surface area contributed by atoms with Crippen LogP contribution in [0.3, 0.4) is 0 Å². The van der Waals surface area contributed by atoms with E-state index in [1.807, 2.05) is 0 Å². The third-order valence-electron chi connectivity index (χ3n) is 3.06. The molecule has 4 atom stereocenters. The van der Waals surface area contributed by atoms with Crippen LogP contribution in [-0.2, 0) is 38.1 Å². The van der Waals surface area contributed by atoms with Crippen LogP contribution in [0.1, 0.15) is 27.7 Å². The largest absolute Gasteiger partial charge is 0.465 e. The van der Waals surface area contributed by atoms with E-state index in [9.17, 15) is 28.0 Å². The van der Waals surface area contributed by atoms with Crippen LogP contribution in [0.15, 0.2) is 11.0 Å². The van der Waals surface area contributed by atoms with E-state index in [-0.39, 0.29) is 6.61 Å². The highest BCUT2D eigenvalue weighted by molar-refractivity contribution is 8.03. The van der Waals surface area contributed by atoms with Crippen LogP contribution in [0, 0.1) is 0 Å². The van der Waals surface area contributed by atoms with Gasteiger partial charge in [-0.3, -0.25) is 19.2 Å². The van der Waals surface area contributed by atoms with Gasteiger partial charge < -0.3 is 18.9 Å².